The summed E-state index contributed by atoms with van der Waals surface area (Å²) in [5, 5.41) is 5.90. The lowest BCUT2D eigenvalue weighted by Crippen LogP contribution is -2.31. The van der Waals surface area contributed by atoms with E-state index in [2.05, 4.69) is 10.6 Å². The van der Waals surface area contributed by atoms with Crippen LogP contribution in [0.1, 0.15) is 12.5 Å². The molecule has 2 N–H and O–H groups in total. The number of halogens is 1. The maximum atomic E-state index is 12.8. The van der Waals surface area contributed by atoms with Crippen LogP contribution in [0.3, 0.4) is 0 Å². The predicted octanol–water partition coefficient (Wildman–Crippen LogP) is 3.00. The molecule has 23 heavy (non-hydrogen) atoms. The van der Waals surface area contributed by atoms with Crippen molar-refractivity contribution in [3.8, 4) is 5.75 Å². The van der Waals surface area contributed by atoms with Crippen molar-refractivity contribution in [3.05, 3.63) is 59.9 Å². The Morgan fingerprint density at radius 3 is 2.61 bits per heavy atom. The molecule has 0 bridgehead atoms. The van der Waals surface area contributed by atoms with Gasteiger partial charge in [-0.25, -0.2) is 4.39 Å². The first-order valence-corrected chi connectivity index (χ1v) is 7.66. The molecule has 2 aromatic carbocycles. The van der Waals surface area contributed by atoms with E-state index >= 15 is 0 Å². The van der Waals surface area contributed by atoms with Crippen LogP contribution < -0.4 is 15.4 Å². The molecule has 5 heteroatoms. The van der Waals surface area contributed by atoms with Gasteiger partial charge in [0.05, 0.1) is 18.8 Å². The first kappa shape index (κ1) is 16.8. The summed E-state index contributed by atoms with van der Waals surface area (Å²) in [5.41, 5.74) is 1.78. The molecular formula is C18H21FN2O2. The molecule has 2 rings (SSSR count). The number of anilines is 1. The lowest BCUT2D eigenvalue weighted by molar-refractivity contribution is -0.119. The van der Waals surface area contributed by atoms with Gasteiger partial charge in [-0.2, -0.15) is 0 Å². The summed E-state index contributed by atoms with van der Waals surface area (Å²) in [6, 6.07) is 13.8. The molecule has 0 saturated heterocycles. The fraction of sp³-hybridized carbons (Fsp3) is 0.278. The van der Waals surface area contributed by atoms with E-state index in [-0.39, 0.29) is 18.3 Å². The van der Waals surface area contributed by atoms with Crippen molar-refractivity contribution < 1.29 is 13.9 Å². The summed E-state index contributed by atoms with van der Waals surface area (Å²) in [7, 11) is 0. The summed E-state index contributed by atoms with van der Waals surface area (Å²) in [6.07, 6.45) is 0.668. The topological polar surface area (TPSA) is 50.4 Å². The summed E-state index contributed by atoms with van der Waals surface area (Å²) in [6.45, 7) is 3.17. The molecular weight excluding hydrogens is 295 g/mol. The van der Waals surface area contributed by atoms with Gasteiger partial charge in [0.25, 0.3) is 0 Å². The van der Waals surface area contributed by atoms with E-state index in [0.29, 0.717) is 19.6 Å². The standard InChI is InChI=1S/C18H21FN2O2/c1-2-23-17-6-4-3-5-16(17)21-13-18(22)20-12-11-14-7-9-15(19)10-8-14/h3-10,21H,2,11-13H2,1H3,(H,20,22). The lowest BCUT2D eigenvalue weighted by atomic mass is 10.1. The van der Waals surface area contributed by atoms with E-state index in [4.69, 9.17) is 4.74 Å². The number of benzene rings is 2. The van der Waals surface area contributed by atoms with Gasteiger partial charge in [-0.3, -0.25) is 4.79 Å². The summed E-state index contributed by atoms with van der Waals surface area (Å²) < 4.78 is 18.3. The number of para-hydroxylation sites is 2. The number of rotatable bonds is 8. The number of ether oxygens (including phenoxy) is 1. The van der Waals surface area contributed by atoms with Gasteiger partial charge in [-0.15, -0.1) is 0 Å². The van der Waals surface area contributed by atoms with E-state index in [1.807, 2.05) is 31.2 Å². The molecule has 0 atom stereocenters. The van der Waals surface area contributed by atoms with Crippen molar-refractivity contribution in [3.63, 3.8) is 0 Å². The molecule has 0 radical (unpaired) electrons. The Bertz CT molecular complexity index is 629. The van der Waals surface area contributed by atoms with E-state index in [9.17, 15) is 9.18 Å². The maximum Gasteiger partial charge on any atom is 0.239 e. The first-order valence-electron chi connectivity index (χ1n) is 7.66. The molecule has 0 aliphatic heterocycles. The molecule has 0 unspecified atom stereocenters. The number of hydrogen-bond donors (Lipinski definition) is 2. The second-order valence-corrected chi connectivity index (χ2v) is 5.01. The Morgan fingerprint density at radius 2 is 1.87 bits per heavy atom. The molecule has 1 amide bonds. The Kier molecular flexibility index (Phi) is 6.41. The third kappa shape index (κ3) is 5.62. The monoisotopic (exact) mass is 316 g/mol. The van der Waals surface area contributed by atoms with Crippen molar-refractivity contribution >= 4 is 11.6 Å². The largest absolute Gasteiger partial charge is 0.492 e. The molecule has 2 aromatic rings. The van der Waals surface area contributed by atoms with Crippen LogP contribution >= 0.6 is 0 Å². The van der Waals surface area contributed by atoms with Crippen LogP contribution in [-0.2, 0) is 11.2 Å². The summed E-state index contributed by atoms with van der Waals surface area (Å²) in [5.74, 6) is 0.377. The SMILES string of the molecule is CCOc1ccccc1NCC(=O)NCCc1ccc(F)cc1. The zero-order valence-electron chi connectivity index (χ0n) is 13.1. The average molecular weight is 316 g/mol. The van der Waals surface area contributed by atoms with Crippen LogP contribution in [0, 0.1) is 5.82 Å². The second-order valence-electron chi connectivity index (χ2n) is 5.01. The smallest absolute Gasteiger partial charge is 0.239 e. The zero-order chi connectivity index (χ0) is 16.5. The van der Waals surface area contributed by atoms with Crippen LogP contribution in [0.2, 0.25) is 0 Å². The highest BCUT2D eigenvalue weighted by Crippen LogP contribution is 2.23. The predicted molar refractivity (Wildman–Crippen MR) is 89.2 cm³/mol. The van der Waals surface area contributed by atoms with Gasteiger partial charge in [0, 0.05) is 6.54 Å². The van der Waals surface area contributed by atoms with Crippen molar-refractivity contribution in [1.29, 1.82) is 0 Å². The van der Waals surface area contributed by atoms with Crippen LogP contribution in [0.25, 0.3) is 0 Å². The number of hydrogen-bond acceptors (Lipinski definition) is 3. The minimum absolute atomic E-state index is 0.0987. The molecule has 0 aliphatic rings. The van der Waals surface area contributed by atoms with Gasteiger partial charge < -0.3 is 15.4 Å². The van der Waals surface area contributed by atoms with Crippen LogP contribution in [0.5, 0.6) is 5.75 Å². The quantitative estimate of drug-likeness (QED) is 0.787. The third-order valence-electron chi connectivity index (χ3n) is 3.28. The van der Waals surface area contributed by atoms with Crippen LogP contribution in [-0.4, -0.2) is 25.6 Å². The molecule has 0 fully saturated rings. The average Bonchev–Trinajstić information content (AvgIpc) is 2.56. The highest BCUT2D eigenvalue weighted by atomic mass is 19.1. The normalized spacial score (nSPS) is 10.2. The lowest BCUT2D eigenvalue weighted by Gasteiger charge is -2.12. The van der Waals surface area contributed by atoms with Crippen molar-refractivity contribution in [2.45, 2.75) is 13.3 Å². The Morgan fingerprint density at radius 1 is 1.13 bits per heavy atom. The molecule has 0 aliphatic carbocycles. The van der Waals surface area contributed by atoms with Gasteiger partial charge in [-0.1, -0.05) is 24.3 Å². The molecule has 4 nitrogen and oxygen atoms in total. The third-order valence-corrected chi connectivity index (χ3v) is 3.28. The van der Waals surface area contributed by atoms with Gasteiger partial charge in [0.1, 0.15) is 11.6 Å². The summed E-state index contributed by atoms with van der Waals surface area (Å²) >= 11 is 0. The Labute approximate surface area is 135 Å². The van der Waals surface area contributed by atoms with Crippen LogP contribution in [0.15, 0.2) is 48.5 Å². The van der Waals surface area contributed by atoms with Gasteiger partial charge >= 0.3 is 0 Å². The maximum absolute atomic E-state index is 12.8. The fourth-order valence-corrected chi connectivity index (χ4v) is 2.13. The first-order chi connectivity index (χ1) is 11.2. The van der Waals surface area contributed by atoms with Gasteiger partial charge in [0.15, 0.2) is 0 Å². The number of carbonyl (C=O) groups is 1. The molecule has 0 heterocycles. The molecule has 0 aromatic heterocycles. The molecule has 0 saturated carbocycles. The highest BCUT2D eigenvalue weighted by molar-refractivity contribution is 5.81. The number of nitrogens with one attached hydrogen (secondary N) is 2. The van der Waals surface area contributed by atoms with Gasteiger partial charge in [0.2, 0.25) is 5.91 Å². The van der Waals surface area contributed by atoms with E-state index in [1.54, 1.807) is 12.1 Å². The number of amides is 1. The zero-order valence-corrected chi connectivity index (χ0v) is 13.1. The van der Waals surface area contributed by atoms with E-state index in [1.165, 1.54) is 12.1 Å². The van der Waals surface area contributed by atoms with Crippen molar-refractivity contribution in [2.24, 2.45) is 0 Å². The van der Waals surface area contributed by atoms with Gasteiger partial charge in [-0.05, 0) is 43.2 Å². The van der Waals surface area contributed by atoms with Crippen LogP contribution in [0.4, 0.5) is 10.1 Å². The van der Waals surface area contributed by atoms with Crippen molar-refractivity contribution in [1.82, 2.24) is 5.32 Å². The fourth-order valence-electron chi connectivity index (χ4n) is 2.13. The van der Waals surface area contributed by atoms with Crippen molar-refractivity contribution in [2.75, 3.05) is 25.0 Å². The molecule has 122 valence electrons. The molecule has 0 spiro atoms. The van der Waals surface area contributed by atoms with E-state index in [0.717, 1.165) is 17.0 Å². The highest BCUT2D eigenvalue weighted by Gasteiger charge is 2.05. The minimum atomic E-state index is -0.255. The Balaban J connectivity index is 1.74. The minimum Gasteiger partial charge on any atom is -0.492 e. The second kappa shape index (κ2) is 8.78. The Hall–Kier alpha value is -2.56. The van der Waals surface area contributed by atoms with E-state index < -0.39 is 0 Å². The number of carbonyl (C=O) groups excluding carboxylic acids is 1. The summed E-state index contributed by atoms with van der Waals surface area (Å²) in [4.78, 5) is 11.9.